The fraction of sp³-hybridized carbons (Fsp3) is 0.300. The van der Waals surface area contributed by atoms with Gasteiger partial charge in [-0.1, -0.05) is 17.4 Å². The predicted octanol–water partition coefficient (Wildman–Crippen LogP) is 5.28. The maximum atomic E-state index is 13.3. The first-order valence-corrected chi connectivity index (χ1v) is 9.80. The minimum atomic E-state index is -4.55. The van der Waals surface area contributed by atoms with Gasteiger partial charge in [-0.2, -0.15) is 13.2 Å². The smallest absolute Gasteiger partial charge is 0.376 e. The number of benzene rings is 2. The van der Waals surface area contributed by atoms with E-state index in [2.05, 4.69) is 4.98 Å². The lowest BCUT2D eigenvalue weighted by Crippen LogP contribution is -2.37. The number of fused-ring (bicyclic) bond motifs is 1. The van der Waals surface area contributed by atoms with Crippen LogP contribution in [0.1, 0.15) is 28.8 Å². The molecule has 9 heteroatoms. The van der Waals surface area contributed by atoms with Gasteiger partial charge in [0.2, 0.25) is 0 Å². The largest absolute Gasteiger partial charge is 0.418 e. The van der Waals surface area contributed by atoms with Crippen molar-refractivity contribution in [3.8, 4) is 0 Å². The molecule has 0 saturated carbocycles. The van der Waals surface area contributed by atoms with Gasteiger partial charge in [0, 0.05) is 12.2 Å². The first kappa shape index (κ1) is 19.8. The summed E-state index contributed by atoms with van der Waals surface area (Å²) in [4.78, 5) is 18.6. The van der Waals surface area contributed by atoms with Gasteiger partial charge in [0.05, 0.1) is 28.4 Å². The van der Waals surface area contributed by atoms with Gasteiger partial charge in [0.15, 0.2) is 5.13 Å². The summed E-state index contributed by atoms with van der Waals surface area (Å²) in [6, 6.07) is 8.84. The zero-order valence-corrected chi connectivity index (χ0v) is 15.9. The molecule has 0 spiro atoms. The summed E-state index contributed by atoms with van der Waals surface area (Å²) in [6.07, 6.45) is -3.19. The zero-order chi connectivity index (χ0) is 20.6. The summed E-state index contributed by atoms with van der Waals surface area (Å²) in [5.74, 6) is -0.949. The fourth-order valence-corrected chi connectivity index (χ4v) is 4.27. The number of anilines is 1. The SMILES string of the molecule is O=C(c1ccc(F)cc1)N(C[C@@H]1CCCO1)c1nc2c(C(F)(F)F)cccc2s1. The molecule has 1 saturated heterocycles. The Kier molecular flexibility index (Phi) is 5.26. The van der Waals surface area contributed by atoms with E-state index in [1.807, 2.05) is 0 Å². The maximum Gasteiger partial charge on any atom is 0.418 e. The normalized spacial score (nSPS) is 17.0. The lowest BCUT2D eigenvalue weighted by molar-refractivity contribution is -0.136. The number of aromatic nitrogens is 1. The van der Waals surface area contributed by atoms with Gasteiger partial charge >= 0.3 is 6.18 Å². The molecule has 0 bridgehead atoms. The standard InChI is InChI=1S/C20H16F4N2O2S/c21-13-8-6-12(7-9-13)18(27)26(11-14-3-2-10-28-14)19-25-17-15(20(22,23)24)4-1-5-16(17)29-19/h1,4-9,14H,2-3,10-11H2/t14-/m0/s1. The highest BCUT2D eigenvalue weighted by Gasteiger charge is 2.35. The number of amides is 1. The Morgan fingerprint density at radius 3 is 2.62 bits per heavy atom. The van der Waals surface area contributed by atoms with Crippen LogP contribution in [0.2, 0.25) is 0 Å². The number of alkyl halides is 3. The number of para-hydroxylation sites is 1. The predicted molar refractivity (Wildman–Crippen MR) is 102 cm³/mol. The molecule has 1 aromatic heterocycles. The fourth-order valence-electron chi connectivity index (χ4n) is 3.27. The molecule has 2 heterocycles. The van der Waals surface area contributed by atoms with Crippen molar-refractivity contribution in [3.05, 3.63) is 59.4 Å². The first-order chi connectivity index (χ1) is 13.8. The van der Waals surface area contributed by atoms with Gasteiger partial charge in [0.25, 0.3) is 5.91 Å². The molecule has 1 atom stereocenters. The Hall–Kier alpha value is -2.52. The number of ether oxygens (including phenoxy) is 1. The van der Waals surface area contributed by atoms with E-state index in [4.69, 9.17) is 4.74 Å². The van der Waals surface area contributed by atoms with Gasteiger partial charge in [0.1, 0.15) is 5.82 Å². The molecule has 2 aromatic carbocycles. The molecule has 29 heavy (non-hydrogen) atoms. The van der Waals surface area contributed by atoms with Crippen molar-refractivity contribution < 1.29 is 27.1 Å². The molecule has 0 aliphatic carbocycles. The molecular weight excluding hydrogens is 408 g/mol. The van der Waals surface area contributed by atoms with Crippen LogP contribution in [-0.2, 0) is 10.9 Å². The molecule has 3 aromatic rings. The number of carbonyl (C=O) groups is 1. The van der Waals surface area contributed by atoms with Crippen molar-refractivity contribution in [2.75, 3.05) is 18.1 Å². The molecular formula is C20H16F4N2O2S. The van der Waals surface area contributed by atoms with E-state index in [1.54, 1.807) is 6.07 Å². The third kappa shape index (κ3) is 4.11. The Labute approximate surface area is 167 Å². The highest BCUT2D eigenvalue weighted by atomic mass is 32.1. The highest BCUT2D eigenvalue weighted by molar-refractivity contribution is 7.22. The number of hydrogen-bond acceptors (Lipinski definition) is 4. The summed E-state index contributed by atoms with van der Waals surface area (Å²) >= 11 is 1.01. The lowest BCUT2D eigenvalue weighted by Gasteiger charge is -2.23. The van der Waals surface area contributed by atoms with Crippen LogP contribution in [0, 0.1) is 5.82 Å². The van der Waals surface area contributed by atoms with E-state index >= 15 is 0 Å². The van der Waals surface area contributed by atoms with Gasteiger partial charge in [-0.05, 0) is 49.2 Å². The third-order valence-electron chi connectivity index (χ3n) is 4.69. The Morgan fingerprint density at radius 1 is 1.21 bits per heavy atom. The lowest BCUT2D eigenvalue weighted by atomic mass is 10.1. The number of halogens is 4. The molecule has 1 fully saturated rings. The monoisotopic (exact) mass is 424 g/mol. The number of rotatable bonds is 4. The van der Waals surface area contributed by atoms with Crippen LogP contribution in [-0.4, -0.2) is 30.1 Å². The van der Waals surface area contributed by atoms with Crippen LogP contribution in [0.4, 0.5) is 22.7 Å². The van der Waals surface area contributed by atoms with Crippen molar-refractivity contribution in [1.29, 1.82) is 0 Å². The second-order valence-corrected chi connectivity index (χ2v) is 7.71. The van der Waals surface area contributed by atoms with Crippen LogP contribution in [0.15, 0.2) is 42.5 Å². The summed E-state index contributed by atoms with van der Waals surface area (Å²) in [6.45, 7) is 0.735. The van der Waals surface area contributed by atoms with Crippen molar-refractivity contribution in [2.45, 2.75) is 25.1 Å². The minimum Gasteiger partial charge on any atom is -0.376 e. The van der Waals surface area contributed by atoms with Gasteiger partial charge < -0.3 is 4.74 Å². The van der Waals surface area contributed by atoms with E-state index in [0.717, 1.165) is 42.4 Å². The highest BCUT2D eigenvalue weighted by Crippen LogP contribution is 2.39. The topological polar surface area (TPSA) is 42.4 Å². The molecule has 0 unspecified atom stereocenters. The maximum absolute atomic E-state index is 13.3. The van der Waals surface area contributed by atoms with Crippen molar-refractivity contribution in [1.82, 2.24) is 4.98 Å². The van der Waals surface area contributed by atoms with Gasteiger partial charge in [-0.3, -0.25) is 9.69 Å². The molecule has 0 N–H and O–H groups in total. The van der Waals surface area contributed by atoms with E-state index in [1.165, 1.54) is 23.1 Å². The van der Waals surface area contributed by atoms with E-state index < -0.39 is 23.5 Å². The zero-order valence-electron chi connectivity index (χ0n) is 15.1. The van der Waals surface area contributed by atoms with E-state index in [-0.39, 0.29) is 28.9 Å². The number of nitrogens with zero attached hydrogens (tertiary/aromatic N) is 2. The Bertz CT molecular complexity index is 1030. The molecule has 1 aliphatic heterocycles. The molecule has 0 radical (unpaired) electrons. The molecule has 152 valence electrons. The van der Waals surface area contributed by atoms with Crippen molar-refractivity contribution in [3.63, 3.8) is 0 Å². The second-order valence-electron chi connectivity index (χ2n) is 6.70. The molecule has 4 nitrogen and oxygen atoms in total. The molecule has 1 aliphatic rings. The molecule has 4 rings (SSSR count). The first-order valence-electron chi connectivity index (χ1n) is 8.99. The molecule has 1 amide bonds. The second kappa shape index (κ2) is 7.72. The third-order valence-corrected chi connectivity index (χ3v) is 5.73. The van der Waals surface area contributed by atoms with E-state index in [9.17, 15) is 22.4 Å². The summed E-state index contributed by atoms with van der Waals surface area (Å²) in [5.41, 5.74) is -0.812. The van der Waals surface area contributed by atoms with Crippen LogP contribution in [0.5, 0.6) is 0 Å². The average Bonchev–Trinajstić information content (AvgIpc) is 3.34. The van der Waals surface area contributed by atoms with Crippen LogP contribution >= 0.6 is 11.3 Å². The van der Waals surface area contributed by atoms with Gasteiger partial charge in [-0.25, -0.2) is 9.37 Å². The number of thiazole rings is 1. The summed E-state index contributed by atoms with van der Waals surface area (Å²) < 4.78 is 59.2. The van der Waals surface area contributed by atoms with Crippen LogP contribution in [0.3, 0.4) is 0 Å². The van der Waals surface area contributed by atoms with Crippen LogP contribution < -0.4 is 4.90 Å². The summed E-state index contributed by atoms with van der Waals surface area (Å²) in [5, 5.41) is 0.154. The van der Waals surface area contributed by atoms with E-state index in [0.29, 0.717) is 11.3 Å². The number of hydrogen-bond donors (Lipinski definition) is 0. The number of carbonyl (C=O) groups excluding carboxylic acids is 1. The Balaban J connectivity index is 1.76. The van der Waals surface area contributed by atoms with Crippen LogP contribution in [0.25, 0.3) is 10.2 Å². The van der Waals surface area contributed by atoms with Crippen molar-refractivity contribution in [2.24, 2.45) is 0 Å². The van der Waals surface area contributed by atoms with Gasteiger partial charge in [-0.15, -0.1) is 0 Å². The summed E-state index contributed by atoms with van der Waals surface area (Å²) in [7, 11) is 0. The minimum absolute atomic E-state index is 0.154. The average molecular weight is 424 g/mol. The quantitative estimate of drug-likeness (QED) is 0.535. The van der Waals surface area contributed by atoms with Crippen molar-refractivity contribution >= 4 is 32.6 Å². The Morgan fingerprint density at radius 2 is 1.97 bits per heavy atom.